The van der Waals surface area contributed by atoms with Crippen LogP contribution in [0.3, 0.4) is 0 Å². The SMILES string of the molecule is Cc1ccc(NS(=O)(=O)c2ccc(NC(=S)NC(=O)C(C)C)cc2)c(C)c1. The summed E-state index contributed by atoms with van der Waals surface area (Å²) in [6, 6.07) is 11.6. The Kier molecular flexibility index (Phi) is 6.56. The number of amides is 1. The molecule has 0 aliphatic carbocycles. The molecule has 0 unspecified atom stereocenters. The van der Waals surface area contributed by atoms with Gasteiger partial charge in [0.15, 0.2) is 5.11 Å². The van der Waals surface area contributed by atoms with Gasteiger partial charge in [-0.3, -0.25) is 9.52 Å². The predicted molar refractivity (Wildman–Crippen MR) is 112 cm³/mol. The van der Waals surface area contributed by atoms with Crippen molar-refractivity contribution >= 4 is 44.6 Å². The number of benzene rings is 2. The van der Waals surface area contributed by atoms with Crippen molar-refractivity contribution < 1.29 is 13.2 Å². The summed E-state index contributed by atoms with van der Waals surface area (Å²) in [6.45, 7) is 7.33. The average Bonchev–Trinajstić information content (AvgIpc) is 2.57. The first kappa shape index (κ1) is 20.9. The summed E-state index contributed by atoms with van der Waals surface area (Å²) in [5.41, 5.74) is 3.03. The molecule has 6 nitrogen and oxygen atoms in total. The van der Waals surface area contributed by atoms with Crippen molar-refractivity contribution in [3.05, 3.63) is 53.6 Å². The molecule has 2 aromatic carbocycles. The van der Waals surface area contributed by atoms with Gasteiger partial charge in [-0.15, -0.1) is 0 Å². The molecule has 0 spiro atoms. The summed E-state index contributed by atoms with van der Waals surface area (Å²) < 4.78 is 27.8. The molecule has 1 amide bonds. The fourth-order valence-corrected chi connectivity index (χ4v) is 3.62. The Bertz CT molecular complexity index is 953. The van der Waals surface area contributed by atoms with E-state index in [0.29, 0.717) is 11.4 Å². The molecule has 8 heteroatoms. The van der Waals surface area contributed by atoms with E-state index < -0.39 is 10.0 Å². The number of hydrogen-bond donors (Lipinski definition) is 3. The topological polar surface area (TPSA) is 87.3 Å². The zero-order valence-corrected chi connectivity index (χ0v) is 17.3. The minimum atomic E-state index is -3.70. The van der Waals surface area contributed by atoms with Gasteiger partial charge in [0, 0.05) is 11.6 Å². The highest BCUT2D eigenvalue weighted by Crippen LogP contribution is 2.21. The molecule has 2 rings (SSSR count). The first-order valence-corrected chi connectivity index (χ1v) is 10.3. The summed E-state index contributed by atoms with van der Waals surface area (Å²) in [7, 11) is -3.70. The monoisotopic (exact) mass is 405 g/mol. The van der Waals surface area contributed by atoms with Gasteiger partial charge < -0.3 is 10.6 Å². The molecule has 0 bridgehead atoms. The maximum absolute atomic E-state index is 12.6. The number of hydrogen-bond acceptors (Lipinski definition) is 4. The predicted octanol–water partition coefficient (Wildman–Crippen LogP) is 3.57. The van der Waals surface area contributed by atoms with Crippen LogP contribution in [0.1, 0.15) is 25.0 Å². The van der Waals surface area contributed by atoms with Crippen LogP contribution in [0.2, 0.25) is 0 Å². The second kappa shape index (κ2) is 8.49. The number of carbonyl (C=O) groups excluding carboxylic acids is 1. The van der Waals surface area contributed by atoms with Crippen molar-refractivity contribution in [1.29, 1.82) is 0 Å². The standard InChI is InChI=1S/C19H23N3O3S2/c1-12(2)18(23)21-19(26)20-15-6-8-16(9-7-15)27(24,25)22-17-10-5-13(3)11-14(17)4/h5-12,22H,1-4H3,(H2,20,21,23,26). The Labute approximate surface area is 165 Å². The largest absolute Gasteiger partial charge is 0.332 e. The maximum Gasteiger partial charge on any atom is 0.261 e. The second-order valence-corrected chi connectivity index (χ2v) is 8.64. The van der Waals surface area contributed by atoms with E-state index in [0.717, 1.165) is 11.1 Å². The van der Waals surface area contributed by atoms with E-state index >= 15 is 0 Å². The van der Waals surface area contributed by atoms with E-state index in [2.05, 4.69) is 15.4 Å². The van der Waals surface area contributed by atoms with Gasteiger partial charge in [0.25, 0.3) is 10.0 Å². The van der Waals surface area contributed by atoms with Crippen LogP contribution in [-0.2, 0) is 14.8 Å². The van der Waals surface area contributed by atoms with Crippen molar-refractivity contribution in [1.82, 2.24) is 5.32 Å². The minimum absolute atomic E-state index is 0.130. The molecule has 0 heterocycles. The highest BCUT2D eigenvalue weighted by atomic mass is 32.2. The molecule has 0 saturated carbocycles. The molecule has 0 aliphatic rings. The summed E-state index contributed by atoms with van der Waals surface area (Å²) in [5.74, 6) is -0.377. The third-order valence-electron chi connectivity index (χ3n) is 3.81. The van der Waals surface area contributed by atoms with Crippen LogP contribution in [0.25, 0.3) is 0 Å². The Morgan fingerprint density at radius 2 is 1.67 bits per heavy atom. The van der Waals surface area contributed by atoms with E-state index in [-0.39, 0.29) is 21.8 Å². The Hall–Kier alpha value is -2.45. The second-order valence-electron chi connectivity index (χ2n) is 6.55. The number of sulfonamides is 1. The average molecular weight is 406 g/mol. The van der Waals surface area contributed by atoms with Gasteiger partial charge in [0.1, 0.15) is 0 Å². The van der Waals surface area contributed by atoms with Gasteiger partial charge in [-0.2, -0.15) is 0 Å². The molecule has 0 fully saturated rings. The zero-order chi connectivity index (χ0) is 20.2. The molecule has 3 N–H and O–H groups in total. The Balaban J connectivity index is 2.09. The van der Waals surface area contributed by atoms with Crippen LogP contribution in [0, 0.1) is 19.8 Å². The van der Waals surface area contributed by atoms with Gasteiger partial charge in [0.05, 0.1) is 10.6 Å². The summed E-state index contributed by atoms with van der Waals surface area (Å²) in [5, 5.41) is 5.59. The normalized spacial score (nSPS) is 11.1. The van der Waals surface area contributed by atoms with Crippen molar-refractivity contribution in [2.45, 2.75) is 32.6 Å². The van der Waals surface area contributed by atoms with Crippen LogP contribution < -0.4 is 15.4 Å². The number of anilines is 2. The molecule has 27 heavy (non-hydrogen) atoms. The molecule has 0 aliphatic heterocycles. The molecule has 0 atom stereocenters. The number of aryl methyl sites for hydroxylation is 2. The van der Waals surface area contributed by atoms with Crippen LogP contribution >= 0.6 is 12.2 Å². The molecular weight excluding hydrogens is 382 g/mol. The van der Waals surface area contributed by atoms with E-state index in [4.69, 9.17) is 12.2 Å². The fraction of sp³-hybridized carbons (Fsp3) is 0.263. The summed E-state index contributed by atoms with van der Waals surface area (Å²) in [4.78, 5) is 11.8. The lowest BCUT2D eigenvalue weighted by Gasteiger charge is -2.13. The lowest BCUT2D eigenvalue weighted by Crippen LogP contribution is -2.36. The molecular formula is C19H23N3O3S2. The van der Waals surface area contributed by atoms with Gasteiger partial charge in [-0.05, 0) is 62.0 Å². The number of carbonyl (C=O) groups is 1. The maximum atomic E-state index is 12.6. The van der Waals surface area contributed by atoms with Gasteiger partial charge in [0.2, 0.25) is 5.91 Å². The Morgan fingerprint density at radius 3 is 2.22 bits per heavy atom. The molecule has 0 radical (unpaired) electrons. The van der Waals surface area contributed by atoms with E-state index in [1.54, 1.807) is 32.0 Å². The van der Waals surface area contributed by atoms with E-state index in [1.165, 1.54) is 12.1 Å². The fourth-order valence-electron chi connectivity index (χ4n) is 2.27. The molecule has 144 valence electrons. The van der Waals surface area contributed by atoms with Gasteiger partial charge >= 0.3 is 0 Å². The van der Waals surface area contributed by atoms with Crippen molar-refractivity contribution in [3.8, 4) is 0 Å². The summed E-state index contributed by atoms with van der Waals surface area (Å²) in [6.07, 6.45) is 0. The minimum Gasteiger partial charge on any atom is -0.332 e. The lowest BCUT2D eigenvalue weighted by molar-refractivity contribution is -0.122. The van der Waals surface area contributed by atoms with Crippen molar-refractivity contribution in [2.24, 2.45) is 5.92 Å². The quantitative estimate of drug-likeness (QED) is 0.662. The van der Waals surface area contributed by atoms with Gasteiger partial charge in [-0.1, -0.05) is 31.5 Å². The smallest absolute Gasteiger partial charge is 0.261 e. The Morgan fingerprint density at radius 1 is 1.04 bits per heavy atom. The molecule has 0 aromatic heterocycles. The third-order valence-corrected chi connectivity index (χ3v) is 5.40. The van der Waals surface area contributed by atoms with Crippen molar-refractivity contribution in [3.63, 3.8) is 0 Å². The van der Waals surface area contributed by atoms with Crippen LogP contribution in [0.15, 0.2) is 47.4 Å². The van der Waals surface area contributed by atoms with Gasteiger partial charge in [-0.25, -0.2) is 8.42 Å². The van der Waals surface area contributed by atoms with E-state index in [1.807, 2.05) is 26.0 Å². The summed E-state index contributed by atoms with van der Waals surface area (Å²) >= 11 is 5.08. The first-order valence-electron chi connectivity index (χ1n) is 8.40. The highest BCUT2D eigenvalue weighted by Gasteiger charge is 2.15. The van der Waals surface area contributed by atoms with E-state index in [9.17, 15) is 13.2 Å². The number of rotatable bonds is 5. The zero-order valence-electron chi connectivity index (χ0n) is 15.7. The van der Waals surface area contributed by atoms with Crippen LogP contribution in [0.5, 0.6) is 0 Å². The lowest BCUT2D eigenvalue weighted by atomic mass is 10.1. The van der Waals surface area contributed by atoms with Crippen LogP contribution in [0.4, 0.5) is 11.4 Å². The van der Waals surface area contributed by atoms with Crippen LogP contribution in [-0.4, -0.2) is 19.4 Å². The van der Waals surface area contributed by atoms with Crippen molar-refractivity contribution in [2.75, 3.05) is 10.0 Å². The first-order chi connectivity index (χ1) is 12.6. The molecule has 0 saturated heterocycles. The third kappa shape index (κ3) is 5.77. The molecule has 2 aromatic rings. The highest BCUT2D eigenvalue weighted by molar-refractivity contribution is 7.92. The number of thiocarbonyl (C=S) groups is 1. The number of nitrogens with one attached hydrogen (secondary N) is 3.